The molecule has 1 heterocycles. The minimum absolute atomic E-state index is 0.507. The molecule has 1 aliphatic rings. The predicted octanol–water partition coefficient (Wildman–Crippen LogP) is 7.81. The van der Waals surface area contributed by atoms with Gasteiger partial charge in [-0.25, -0.2) is 0 Å². The minimum Gasteiger partial charge on any atom is -0.370 e. The van der Waals surface area contributed by atoms with Gasteiger partial charge in [-0.1, -0.05) is 97.1 Å². The normalized spacial score (nSPS) is 15.8. The Balaban J connectivity index is 1.56. The Morgan fingerprint density at radius 1 is 0.256 bits per heavy atom. The molecule has 460 valence electrons. The molecule has 0 unspecified atom stereocenters. The second kappa shape index (κ2) is 37.6. The maximum atomic E-state index is 6.42. The van der Waals surface area contributed by atoms with E-state index < -0.39 is 35.2 Å². The second-order valence-corrected chi connectivity index (χ2v) is 30.3. The zero-order valence-corrected chi connectivity index (χ0v) is 56.3. The van der Waals surface area contributed by atoms with Gasteiger partial charge in [0.2, 0.25) is 0 Å². The van der Waals surface area contributed by atoms with Gasteiger partial charge in [0, 0.05) is 152 Å². The average Bonchev–Trinajstić information content (AvgIpc) is 3.66. The van der Waals surface area contributed by atoms with Crippen LogP contribution < -0.4 is 20.7 Å². The van der Waals surface area contributed by atoms with Gasteiger partial charge in [0.15, 0.2) is 0 Å². The molecular formula is C62H104N4O12Si4. The van der Waals surface area contributed by atoms with Gasteiger partial charge < -0.3 is 53.1 Å². The molecule has 0 saturated carbocycles. The summed E-state index contributed by atoms with van der Waals surface area (Å²) in [6, 6.07) is 35.0. The molecule has 0 bridgehead atoms. The van der Waals surface area contributed by atoms with Crippen LogP contribution in [0.2, 0.25) is 0 Å². The molecule has 0 spiro atoms. The number of benzene rings is 4. The van der Waals surface area contributed by atoms with Crippen molar-refractivity contribution in [2.24, 2.45) is 0 Å². The van der Waals surface area contributed by atoms with Crippen LogP contribution in [0.5, 0.6) is 0 Å². The van der Waals surface area contributed by atoms with Crippen molar-refractivity contribution in [3.63, 3.8) is 0 Å². The summed E-state index contributed by atoms with van der Waals surface area (Å²) in [6.07, 6.45) is 1.93. The van der Waals surface area contributed by atoms with Gasteiger partial charge in [0.25, 0.3) is 0 Å². The molecule has 5 rings (SSSR count). The van der Waals surface area contributed by atoms with Crippen LogP contribution in [0, 0.1) is 0 Å². The lowest BCUT2D eigenvalue weighted by atomic mass is 10.1. The smallest absolute Gasteiger partial charge is 0.370 e. The van der Waals surface area contributed by atoms with Gasteiger partial charge in [-0.2, -0.15) is 0 Å². The fourth-order valence-corrected chi connectivity index (χ4v) is 21.1. The third kappa shape index (κ3) is 20.6. The fraction of sp³-hybridized carbons (Fsp3) is 0.613. The second-order valence-electron chi connectivity index (χ2n) is 20.0. The van der Waals surface area contributed by atoms with Gasteiger partial charge in [0.05, 0.1) is 0 Å². The molecule has 0 radical (unpaired) electrons. The molecule has 0 amide bonds. The monoisotopic (exact) mass is 1210 g/mol. The summed E-state index contributed by atoms with van der Waals surface area (Å²) >= 11 is 0. The predicted molar refractivity (Wildman–Crippen MR) is 337 cm³/mol. The Morgan fingerprint density at radius 3 is 0.585 bits per heavy atom. The molecule has 0 aromatic heterocycles. The van der Waals surface area contributed by atoms with Crippen molar-refractivity contribution in [3.05, 3.63) is 119 Å². The van der Waals surface area contributed by atoms with E-state index in [-0.39, 0.29) is 0 Å². The summed E-state index contributed by atoms with van der Waals surface area (Å²) in [6.45, 7) is 40.4. The van der Waals surface area contributed by atoms with E-state index in [2.05, 4.69) is 117 Å². The third-order valence-corrected chi connectivity index (χ3v) is 26.2. The highest BCUT2D eigenvalue weighted by Gasteiger charge is 2.46. The topological polar surface area (TPSA) is 124 Å². The van der Waals surface area contributed by atoms with E-state index in [1.807, 2.05) is 83.1 Å². The molecule has 0 atom stereocenters. The van der Waals surface area contributed by atoms with Crippen molar-refractivity contribution in [2.45, 2.75) is 122 Å². The number of hydrogen-bond donors (Lipinski definition) is 0. The van der Waals surface area contributed by atoms with Gasteiger partial charge in [0.1, 0.15) is 0 Å². The Hall–Kier alpha value is -2.89. The molecule has 0 N–H and O–H groups in total. The van der Waals surface area contributed by atoms with Crippen LogP contribution in [0.15, 0.2) is 97.1 Å². The van der Waals surface area contributed by atoms with Crippen LogP contribution in [-0.2, 0) is 79.3 Å². The number of rotatable bonds is 36. The van der Waals surface area contributed by atoms with E-state index in [1.54, 1.807) is 0 Å². The van der Waals surface area contributed by atoms with E-state index in [1.165, 1.54) is 22.3 Å². The Kier molecular flexibility index (Phi) is 32.1. The van der Waals surface area contributed by atoms with E-state index >= 15 is 0 Å². The van der Waals surface area contributed by atoms with E-state index in [0.717, 1.165) is 112 Å². The Labute approximate surface area is 499 Å². The SMILES string of the molecule is CCO[Si](OCC)(OCC)c1cccc(CN2CCCN(Cc3cccc([Si](OCC)(OCC)OCC)c3)CCN(Cc3cccc([Si](OCC)(OCC)OCC)c3)CCCN(Cc3cccc([Si](OCC)(OCC)OCC)c3)CC2)c1. The maximum Gasteiger partial charge on any atom is 0.537 e. The Bertz CT molecular complexity index is 1990. The summed E-state index contributed by atoms with van der Waals surface area (Å²) in [5.74, 6) is 0. The maximum absolute atomic E-state index is 6.42. The fourth-order valence-electron chi connectivity index (χ4n) is 10.9. The summed E-state index contributed by atoms with van der Waals surface area (Å²) in [5, 5.41) is 4.00. The van der Waals surface area contributed by atoms with Crippen molar-refractivity contribution in [3.8, 4) is 0 Å². The van der Waals surface area contributed by atoms with Gasteiger partial charge in [-0.3, -0.25) is 19.6 Å². The first-order valence-electron chi connectivity index (χ1n) is 30.9. The molecule has 82 heavy (non-hydrogen) atoms. The van der Waals surface area contributed by atoms with E-state index in [4.69, 9.17) is 53.1 Å². The first-order valence-corrected chi connectivity index (χ1v) is 37.8. The zero-order chi connectivity index (χ0) is 59.1. The van der Waals surface area contributed by atoms with Crippen LogP contribution in [0.3, 0.4) is 0 Å². The molecule has 1 fully saturated rings. The standard InChI is InChI=1S/C62H104N4O12Si4/c1-13-67-79(68-14-2,69-15-3)59-35-25-31-55(47-59)51-63-39-29-40-65(53-57-33-27-37-61(49-57)81(73-19-7,74-20-8)75-21-9)45-46-66(54-58-34-28-38-62(50-58)82(76-22-10,77-23-11)78-24-12)42-30-41-64(44-43-63)52-56-32-26-36-60(48-56)80(70-16-4,71-17-5)72-18-6/h25-28,31-38,47-50H,13-24,29-30,39-46,51-54H2,1-12H3. The lowest BCUT2D eigenvalue weighted by Gasteiger charge is -2.33. The summed E-state index contributed by atoms with van der Waals surface area (Å²) in [5.41, 5.74) is 4.84. The number of hydrogen-bond acceptors (Lipinski definition) is 16. The summed E-state index contributed by atoms with van der Waals surface area (Å²) < 4.78 is 77.0. The molecule has 1 aliphatic heterocycles. The van der Waals surface area contributed by atoms with Crippen LogP contribution in [-0.4, -0.2) is 186 Å². The quantitative estimate of drug-likeness (QED) is 0.0411. The molecule has 4 aromatic carbocycles. The average molecular weight is 1210 g/mol. The number of nitrogens with zero attached hydrogens (tertiary/aromatic N) is 4. The summed E-state index contributed by atoms with van der Waals surface area (Å²) in [7, 11) is -12.6. The third-order valence-electron chi connectivity index (χ3n) is 14.1. The first kappa shape index (κ1) is 69.9. The molecule has 16 nitrogen and oxygen atoms in total. The van der Waals surface area contributed by atoms with Crippen molar-refractivity contribution in [1.82, 2.24) is 19.6 Å². The van der Waals surface area contributed by atoms with E-state index in [0.29, 0.717) is 79.3 Å². The van der Waals surface area contributed by atoms with Crippen molar-refractivity contribution >= 4 is 56.0 Å². The largest absolute Gasteiger partial charge is 0.537 e. The zero-order valence-electron chi connectivity index (χ0n) is 52.3. The van der Waals surface area contributed by atoms with E-state index in [9.17, 15) is 0 Å². The van der Waals surface area contributed by atoms with Crippen LogP contribution in [0.4, 0.5) is 0 Å². The highest BCUT2D eigenvalue weighted by molar-refractivity contribution is 6.76. The molecule has 20 heteroatoms. The minimum atomic E-state index is -3.14. The van der Waals surface area contributed by atoms with Crippen LogP contribution in [0.25, 0.3) is 0 Å². The van der Waals surface area contributed by atoms with Crippen molar-refractivity contribution < 1.29 is 53.1 Å². The van der Waals surface area contributed by atoms with Crippen molar-refractivity contribution in [2.75, 3.05) is 132 Å². The molecular weight excluding hydrogens is 1110 g/mol. The highest BCUT2D eigenvalue weighted by Crippen LogP contribution is 2.20. The van der Waals surface area contributed by atoms with Gasteiger partial charge in [-0.15, -0.1) is 0 Å². The highest BCUT2D eigenvalue weighted by atomic mass is 28.4. The molecule has 0 aliphatic carbocycles. The van der Waals surface area contributed by atoms with Crippen LogP contribution in [0.1, 0.15) is 118 Å². The lowest BCUT2D eigenvalue weighted by molar-refractivity contribution is 0.0851. The van der Waals surface area contributed by atoms with Crippen LogP contribution >= 0.6 is 0 Å². The Morgan fingerprint density at radius 2 is 0.427 bits per heavy atom. The lowest BCUT2D eigenvalue weighted by Crippen LogP contribution is -2.57. The molecule has 1 saturated heterocycles. The van der Waals surface area contributed by atoms with Gasteiger partial charge in [-0.05, 0) is 144 Å². The summed E-state index contributed by atoms with van der Waals surface area (Å²) in [4.78, 5) is 10.5. The van der Waals surface area contributed by atoms with Crippen molar-refractivity contribution in [1.29, 1.82) is 0 Å². The first-order chi connectivity index (χ1) is 39.9. The molecule has 4 aromatic rings. The van der Waals surface area contributed by atoms with Gasteiger partial charge >= 0.3 is 35.2 Å².